The van der Waals surface area contributed by atoms with E-state index in [0.717, 1.165) is 42.4 Å². The van der Waals surface area contributed by atoms with Crippen molar-refractivity contribution in [1.82, 2.24) is 0 Å². The highest BCUT2D eigenvalue weighted by Gasteiger charge is 2.13. The summed E-state index contributed by atoms with van der Waals surface area (Å²) in [5.41, 5.74) is 4.60. The Bertz CT molecular complexity index is 928. The summed E-state index contributed by atoms with van der Waals surface area (Å²) in [6.45, 7) is 4.18. The van der Waals surface area contributed by atoms with Gasteiger partial charge in [0.05, 0.1) is 5.56 Å². The minimum absolute atomic E-state index is 0.0353. The van der Waals surface area contributed by atoms with E-state index in [1.807, 2.05) is 49.4 Å². The van der Waals surface area contributed by atoms with Gasteiger partial charge in [0, 0.05) is 0 Å². The molecule has 0 aliphatic carbocycles. The molecule has 3 rings (SSSR count). The van der Waals surface area contributed by atoms with Crippen LogP contribution in [-0.2, 0) is 6.42 Å². The number of carbonyl (C=O) groups excluding carboxylic acids is 1. The Hall–Kier alpha value is -2.94. The van der Waals surface area contributed by atoms with Crippen molar-refractivity contribution in [3.05, 3.63) is 89.2 Å². The Kier molecular flexibility index (Phi) is 6.59. The maximum absolute atomic E-state index is 14.3. The summed E-state index contributed by atoms with van der Waals surface area (Å²) in [6, 6.07) is 20.1. The molecule has 0 saturated heterocycles. The first kappa shape index (κ1) is 19.8. The third kappa shape index (κ3) is 5.07. The molecular formula is C25H25FO2. The molecule has 0 bridgehead atoms. The monoisotopic (exact) mass is 376 g/mol. The molecule has 28 heavy (non-hydrogen) atoms. The van der Waals surface area contributed by atoms with Crippen LogP contribution in [0, 0.1) is 12.7 Å². The number of rotatable bonds is 7. The van der Waals surface area contributed by atoms with E-state index in [0.29, 0.717) is 5.56 Å². The second-order valence-electron chi connectivity index (χ2n) is 7.05. The average Bonchev–Trinajstić information content (AvgIpc) is 2.71. The zero-order chi connectivity index (χ0) is 19.9. The van der Waals surface area contributed by atoms with Crippen LogP contribution in [-0.4, -0.2) is 5.97 Å². The second kappa shape index (κ2) is 9.32. The van der Waals surface area contributed by atoms with Crippen LogP contribution in [0.1, 0.15) is 47.7 Å². The summed E-state index contributed by atoms with van der Waals surface area (Å²) in [6.07, 6.45) is 4.11. The molecule has 0 heterocycles. The van der Waals surface area contributed by atoms with Gasteiger partial charge >= 0.3 is 5.97 Å². The van der Waals surface area contributed by atoms with Crippen molar-refractivity contribution in [2.45, 2.75) is 39.5 Å². The highest BCUT2D eigenvalue weighted by atomic mass is 19.1. The molecule has 0 radical (unpaired) electrons. The highest BCUT2D eigenvalue weighted by molar-refractivity contribution is 5.91. The number of aryl methyl sites for hydroxylation is 2. The first-order valence-electron chi connectivity index (χ1n) is 9.74. The molecule has 0 aliphatic rings. The number of esters is 1. The Morgan fingerprint density at radius 2 is 1.54 bits per heavy atom. The molecule has 0 atom stereocenters. The van der Waals surface area contributed by atoms with Crippen LogP contribution < -0.4 is 4.74 Å². The van der Waals surface area contributed by atoms with Gasteiger partial charge in [-0.3, -0.25) is 0 Å². The summed E-state index contributed by atoms with van der Waals surface area (Å²) >= 11 is 0. The van der Waals surface area contributed by atoms with Gasteiger partial charge < -0.3 is 4.74 Å². The Balaban J connectivity index is 1.66. The number of benzene rings is 3. The summed E-state index contributed by atoms with van der Waals surface area (Å²) < 4.78 is 19.5. The zero-order valence-corrected chi connectivity index (χ0v) is 16.4. The number of ether oxygens (including phenoxy) is 1. The molecule has 0 saturated carbocycles. The third-order valence-corrected chi connectivity index (χ3v) is 4.77. The van der Waals surface area contributed by atoms with Crippen molar-refractivity contribution in [3.63, 3.8) is 0 Å². The van der Waals surface area contributed by atoms with Crippen molar-refractivity contribution < 1.29 is 13.9 Å². The van der Waals surface area contributed by atoms with Gasteiger partial charge in [-0.15, -0.1) is 0 Å². The number of hydrogen-bond donors (Lipinski definition) is 0. The summed E-state index contributed by atoms with van der Waals surface area (Å²) in [5.74, 6) is -1.10. The molecular weight excluding hydrogens is 351 g/mol. The molecule has 0 fully saturated rings. The maximum Gasteiger partial charge on any atom is 0.343 e. The lowest BCUT2D eigenvalue weighted by Gasteiger charge is -2.08. The van der Waals surface area contributed by atoms with Gasteiger partial charge in [-0.1, -0.05) is 67.8 Å². The Morgan fingerprint density at radius 3 is 2.14 bits per heavy atom. The molecule has 0 unspecified atom stereocenters. The minimum Gasteiger partial charge on any atom is -0.420 e. The van der Waals surface area contributed by atoms with Crippen LogP contribution in [0.5, 0.6) is 5.75 Å². The molecule has 2 nitrogen and oxygen atoms in total. The van der Waals surface area contributed by atoms with Crippen LogP contribution in [0.2, 0.25) is 0 Å². The first-order chi connectivity index (χ1) is 13.6. The van der Waals surface area contributed by atoms with E-state index in [4.69, 9.17) is 4.74 Å². The predicted octanol–water partition coefficient (Wildman–Crippen LogP) is 6.75. The molecule has 0 N–H and O–H groups in total. The van der Waals surface area contributed by atoms with Crippen LogP contribution >= 0.6 is 0 Å². The number of unbranched alkanes of at least 4 members (excludes halogenated alkanes) is 2. The van der Waals surface area contributed by atoms with E-state index in [1.54, 1.807) is 12.1 Å². The molecule has 144 valence electrons. The highest BCUT2D eigenvalue weighted by Crippen LogP contribution is 2.23. The van der Waals surface area contributed by atoms with Crippen LogP contribution in [0.3, 0.4) is 0 Å². The standard InChI is InChI=1S/C25H25FO2/c1-3-4-5-6-19-9-16-24(23(26)17-19)28-25(27)22-14-12-21(13-15-22)20-10-7-18(2)8-11-20/h7-17H,3-6H2,1-2H3. The SMILES string of the molecule is CCCCCc1ccc(OC(=O)c2ccc(-c3ccc(C)cc3)cc2)c(F)c1. The van der Waals surface area contributed by atoms with E-state index >= 15 is 0 Å². The quantitative estimate of drug-likeness (QED) is 0.259. The van der Waals surface area contributed by atoms with Crippen molar-refractivity contribution in [1.29, 1.82) is 0 Å². The molecule has 0 spiro atoms. The lowest BCUT2D eigenvalue weighted by atomic mass is 10.0. The molecule has 3 aromatic rings. The molecule has 0 amide bonds. The maximum atomic E-state index is 14.3. The van der Waals surface area contributed by atoms with Gasteiger partial charge in [0.1, 0.15) is 0 Å². The van der Waals surface area contributed by atoms with Crippen LogP contribution in [0.15, 0.2) is 66.7 Å². The zero-order valence-electron chi connectivity index (χ0n) is 16.4. The predicted molar refractivity (Wildman–Crippen MR) is 111 cm³/mol. The Labute approximate surface area is 166 Å². The fraction of sp³-hybridized carbons (Fsp3) is 0.240. The summed E-state index contributed by atoms with van der Waals surface area (Å²) in [5, 5.41) is 0. The fourth-order valence-electron chi connectivity index (χ4n) is 3.07. The molecule has 0 aromatic heterocycles. The van der Waals surface area contributed by atoms with Crippen molar-refractivity contribution in [2.75, 3.05) is 0 Å². The summed E-state index contributed by atoms with van der Waals surface area (Å²) in [7, 11) is 0. The summed E-state index contributed by atoms with van der Waals surface area (Å²) in [4.78, 5) is 12.4. The van der Waals surface area contributed by atoms with Crippen LogP contribution in [0.4, 0.5) is 4.39 Å². The Morgan fingerprint density at radius 1 is 0.893 bits per heavy atom. The van der Waals surface area contributed by atoms with E-state index < -0.39 is 11.8 Å². The third-order valence-electron chi connectivity index (χ3n) is 4.77. The molecule has 3 heteroatoms. The smallest absolute Gasteiger partial charge is 0.343 e. The van der Waals surface area contributed by atoms with Crippen LogP contribution in [0.25, 0.3) is 11.1 Å². The molecule has 0 aliphatic heterocycles. The van der Waals surface area contributed by atoms with E-state index in [1.165, 1.54) is 17.7 Å². The first-order valence-corrected chi connectivity index (χ1v) is 9.74. The van der Waals surface area contributed by atoms with E-state index in [2.05, 4.69) is 6.92 Å². The molecule has 3 aromatic carbocycles. The number of carbonyl (C=O) groups is 1. The van der Waals surface area contributed by atoms with Gasteiger partial charge in [-0.2, -0.15) is 0 Å². The lowest BCUT2D eigenvalue weighted by molar-refractivity contribution is 0.0728. The van der Waals surface area contributed by atoms with Crippen molar-refractivity contribution in [2.24, 2.45) is 0 Å². The average molecular weight is 376 g/mol. The number of hydrogen-bond acceptors (Lipinski definition) is 2. The van der Waals surface area contributed by atoms with Gasteiger partial charge in [0.25, 0.3) is 0 Å². The van der Waals surface area contributed by atoms with Crippen molar-refractivity contribution >= 4 is 5.97 Å². The number of halogens is 1. The van der Waals surface area contributed by atoms with Gasteiger partial charge in [-0.05, 0) is 60.7 Å². The minimum atomic E-state index is -0.562. The normalized spacial score (nSPS) is 10.7. The second-order valence-corrected chi connectivity index (χ2v) is 7.05. The van der Waals surface area contributed by atoms with Gasteiger partial charge in [0.2, 0.25) is 0 Å². The lowest BCUT2D eigenvalue weighted by Crippen LogP contribution is -2.09. The van der Waals surface area contributed by atoms with Gasteiger partial charge in [0.15, 0.2) is 11.6 Å². The van der Waals surface area contributed by atoms with Crippen molar-refractivity contribution in [3.8, 4) is 16.9 Å². The van der Waals surface area contributed by atoms with Gasteiger partial charge in [-0.25, -0.2) is 9.18 Å². The topological polar surface area (TPSA) is 26.3 Å². The van der Waals surface area contributed by atoms with E-state index in [-0.39, 0.29) is 5.75 Å². The fourth-order valence-corrected chi connectivity index (χ4v) is 3.07. The largest absolute Gasteiger partial charge is 0.420 e. The van der Waals surface area contributed by atoms with E-state index in [9.17, 15) is 9.18 Å².